The molecule has 2 aromatic rings. The largest absolute Gasteiger partial charge is 0.491 e. The van der Waals surface area contributed by atoms with Crippen molar-refractivity contribution >= 4 is 23.2 Å². The first kappa shape index (κ1) is 17.2. The van der Waals surface area contributed by atoms with Crippen LogP contribution in [-0.4, -0.2) is 19.6 Å². The molecule has 0 aromatic heterocycles. The van der Waals surface area contributed by atoms with Crippen molar-refractivity contribution in [2.24, 2.45) is 0 Å². The van der Waals surface area contributed by atoms with Crippen LogP contribution in [0.4, 0.5) is 5.69 Å². The number of anilines is 1. The number of halogens is 1. The molecule has 0 aliphatic carbocycles. The highest BCUT2D eigenvalue weighted by Crippen LogP contribution is 2.36. The molecule has 0 heterocycles. The van der Waals surface area contributed by atoms with Crippen LogP contribution in [-0.2, 0) is 6.42 Å². The Morgan fingerprint density at radius 1 is 1.22 bits per heavy atom. The number of amides is 1. The van der Waals surface area contributed by atoms with Crippen LogP contribution in [0.15, 0.2) is 36.4 Å². The summed E-state index contributed by atoms with van der Waals surface area (Å²) >= 11 is 6.19. The molecule has 2 aromatic carbocycles. The number of para-hydroxylation sites is 1. The Balaban J connectivity index is 2.32. The van der Waals surface area contributed by atoms with E-state index in [0.29, 0.717) is 28.7 Å². The molecule has 0 aliphatic rings. The Hall–Kier alpha value is -2.20. The van der Waals surface area contributed by atoms with Gasteiger partial charge in [0.1, 0.15) is 0 Å². The summed E-state index contributed by atoms with van der Waals surface area (Å²) in [6, 6.07) is 10.9. The molecule has 0 unspecified atom stereocenters. The lowest BCUT2D eigenvalue weighted by Gasteiger charge is -2.14. The lowest BCUT2D eigenvalue weighted by atomic mass is 10.1. The second-order valence-corrected chi connectivity index (χ2v) is 5.29. The molecule has 0 bridgehead atoms. The van der Waals surface area contributed by atoms with Gasteiger partial charge in [0, 0.05) is 11.3 Å². The van der Waals surface area contributed by atoms with E-state index < -0.39 is 0 Å². The van der Waals surface area contributed by atoms with Crippen molar-refractivity contribution in [3.8, 4) is 11.5 Å². The second-order valence-electron chi connectivity index (χ2n) is 4.89. The van der Waals surface area contributed by atoms with Gasteiger partial charge in [-0.05, 0) is 37.1 Å². The summed E-state index contributed by atoms with van der Waals surface area (Å²) in [6.45, 7) is 4.36. The first-order valence-electron chi connectivity index (χ1n) is 7.50. The highest BCUT2D eigenvalue weighted by atomic mass is 35.5. The minimum Gasteiger partial charge on any atom is -0.491 e. The van der Waals surface area contributed by atoms with Crippen LogP contribution in [0.1, 0.15) is 29.8 Å². The fourth-order valence-corrected chi connectivity index (χ4v) is 2.59. The van der Waals surface area contributed by atoms with E-state index in [0.717, 1.165) is 17.7 Å². The second kappa shape index (κ2) is 7.88. The van der Waals surface area contributed by atoms with Crippen molar-refractivity contribution < 1.29 is 14.3 Å². The summed E-state index contributed by atoms with van der Waals surface area (Å²) in [7, 11) is 1.51. The predicted octanol–water partition coefficient (Wildman–Crippen LogP) is 4.56. The van der Waals surface area contributed by atoms with Gasteiger partial charge in [-0.2, -0.15) is 0 Å². The molecule has 2 rings (SSSR count). The molecule has 4 nitrogen and oxygen atoms in total. The highest BCUT2D eigenvalue weighted by molar-refractivity contribution is 6.32. The SMILES string of the molecule is CCOc1cc(C(=O)Nc2ccccc2CC)cc(Cl)c1OC. The van der Waals surface area contributed by atoms with Crippen molar-refractivity contribution in [2.75, 3.05) is 19.0 Å². The molecule has 122 valence electrons. The minimum atomic E-state index is -0.239. The average molecular weight is 334 g/mol. The first-order chi connectivity index (χ1) is 11.1. The van der Waals surface area contributed by atoms with Crippen molar-refractivity contribution in [2.45, 2.75) is 20.3 Å². The molecule has 5 heteroatoms. The molecular formula is C18H20ClNO3. The van der Waals surface area contributed by atoms with E-state index in [1.807, 2.05) is 38.1 Å². The number of rotatable bonds is 6. The summed E-state index contributed by atoms with van der Waals surface area (Å²) < 4.78 is 10.7. The van der Waals surface area contributed by atoms with Gasteiger partial charge in [0.25, 0.3) is 5.91 Å². The third kappa shape index (κ3) is 3.96. The Bertz CT molecular complexity index is 701. The molecule has 0 aliphatic heterocycles. The zero-order valence-electron chi connectivity index (χ0n) is 13.5. The average Bonchev–Trinajstić information content (AvgIpc) is 2.55. The third-order valence-electron chi connectivity index (χ3n) is 3.42. The zero-order chi connectivity index (χ0) is 16.8. The van der Waals surface area contributed by atoms with E-state index in [1.54, 1.807) is 12.1 Å². The predicted molar refractivity (Wildman–Crippen MR) is 92.9 cm³/mol. The van der Waals surface area contributed by atoms with E-state index in [-0.39, 0.29) is 5.91 Å². The lowest BCUT2D eigenvalue weighted by molar-refractivity contribution is 0.102. The Morgan fingerprint density at radius 2 is 1.96 bits per heavy atom. The van der Waals surface area contributed by atoms with Gasteiger partial charge in [-0.3, -0.25) is 4.79 Å². The molecule has 0 radical (unpaired) electrons. The minimum absolute atomic E-state index is 0.239. The smallest absolute Gasteiger partial charge is 0.255 e. The van der Waals surface area contributed by atoms with Crippen LogP contribution in [0.2, 0.25) is 5.02 Å². The van der Waals surface area contributed by atoms with Gasteiger partial charge in [0.05, 0.1) is 18.7 Å². The molecule has 0 saturated heterocycles. The van der Waals surface area contributed by atoms with Gasteiger partial charge in [0.15, 0.2) is 11.5 Å². The summed E-state index contributed by atoms with van der Waals surface area (Å²) in [5.74, 6) is 0.645. The third-order valence-corrected chi connectivity index (χ3v) is 3.70. The summed E-state index contributed by atoms with van der Waals surface area (Å²) in [5, 5.41) is 3.26. The maximum atomic E-state index is 12.5. The molecule has 0 atom stereocenters. The highest BCUT2D eigenvalue weighted by Gasteiger charge is 2.16. The topological polar surface area (TPSA) is 47.6 Å². The molecule has 0 fully saturated rings. The van der Waals surface area contributed by atoms with Crippen molar-refractivity contribution in [1.82, 2.24) is 0 Å². The monoisotopic (exact) mass is 333 g/mol. The maximum absolute atomic E-state index is 12.5. The number of methoxy groups -OCH3 is 1. The van der Waals surface area contributed by atoms with E-state index in [4.69, 9.17) is 21.1 Å². The van der Waals surface area contributed by atoms with Gasteiger partial charge < -0.3 is 14.8 Å². The van der Waals surface area contributed by atoms with Crippen LogP contribution < -0.4 is 14.8 Å². The zero-order valence-corrected chi connectivity index (χ0v) is 14.2. The Kier molecular flexibility index (Phi) is 5.88. The number of ether oxygens (including phenoxy) is 2. The van der Waals surface area contributed by atoms with Gasteiger partial charge in [-0.25, -0.2) is 0 Å². The van der Waals surface area contributed by atoms with Crippen LogP contribution >= 0.6 is 11.6 Å². The summed E-state index contributed by atoms with van der Waals surface area (Å²) in [6.07, 6.45) is 0.837. The quantitative estimate of drug-likeness (QED) is 0.842. The lowest BCUT2D eigenvalue weighted by Crippen LogP contribution is -2.13. The number of benzene rings is 2. The number of carbonyl (C=O) groups is 1. The first-order valence-corrected chi connectivity index (χ1v) is 7.88. The van der Waals surface area contributed by atoms with Crippen molar-refractivity contribution in [1.29, 1.82) is 0 Å². The van der Waals surface area contributed by atoms with Crippen LogP contribution in [0.25, 0.3) is 0 Å². The maximum Gasteiger partial charge on any atom is 0.255 e. The Labute approximate surface area is 141 Å². The summed E-state index contributed by atoms with van der Waals surface area (Å²) in [4.78, 5) is 12.5. The van der Waals surface area contributed by atoms with Crippen LogP contribution in [0.3, 0.4) is 0 Å². The van der Waals surface area contributed by atoms with Gasteiger partial charge in [0.2, 0.25) is 0 Å². The van der Waals surface area contributed by atoms with Crippen molar-refractivity contribution in [3.05, 3.63) is 52.5 Å². The molecule has 0 spiro atoms. The molecule has 1 amide bonds. The van der Waals surface area contributed by atoms with Gasteiger partial charge in [-0.1, -0.05) is 36.7 Å². The number of hydrogen-bond acceptors (Lipinski definition) is 3. The summed E-state index contributed by atoms with van der Waals surface area (Å²) in [5.41, 5.74) is 2.29. The van der Waals surface area contributed by atoms with Gasteiger partial charge >= 0.3 is 0 Å². The van der Waals surface area contributed by atoms with E-state index in [9.17, 15) is 4.79 Å². The standard InChI is InChI=1S/C18H20ClNO3/c1-4-12-8-6-7-9-15(12)20-18(21)13-10-14(19)17(22-3)16(11-13)23-5-2/h6-11H,4-5H2,1-3H3,(H,20,21). The fraction of sp³-hybridized carbons (Fsp3) is 0.278. The van der Waals surface area contributed by atoms with Crippen molar-refractivity contribution in [3.63, 3.8) is 0 Å². The number of carbonyl (C=O) groups excluding carboxylic acids is 1. The normalized spacial score (nSPS) is 10.3. The number of hydrogen-bond donors (Lipinski definition) is 1. The van der Waals surface area contributed by atoms with E-state index >= 15 is 0 Å². The molecule has 1 N–H and O–H groups in total. The van der Waals surface area contributed by atoms with E-state index in [1.165, 1.54) is 7.11 Å². The molecule has 23 heavy (non-hydrogen) atoms. The fourth-order valence-electron chi connectivity index (χ4n) is 2.31. The number of nitrogens with one attached hydrogen (secondary N) is 1. The number of aryl methyl sites for hydroxylation is 1. The van der Waals surface area contributed by atoms with E-state index in [2.05, 4.69) is 5.32 Å². The van der Waals surface area contributed by atoms with Gasteiger partial charge in [-0.15, -0.1) is 0 Å². The Morgan fingerprint density at radius 3 is 2.61 bits per heavy atom. The molecular weight excluding hydrogens is 314 g/mol. The molecule has 0 saturated carbocycles. The van der Waals surface area contributed by atoms with Crippen LogP contribution in [0, 0.1) is 0 Å². The van der Waals surface area contributed by atoms with Crippen LogP contribution in [0.5, 0.6) is 11.5 Å².